The Morgan fingerprint density at radius 2 is 2.16 bits per heavy atom. The molecule has 2 N–H and O–H groups in total. The van der Waals surface area contributed by atoms with Crippen molar-refractivity contribution >= 4 is 5.91 Å². The second-order valence-corrected chi connectivity index (χ2v) is 6.68. The second kappa shape index (κ2) is 5.77. The van der Waals surface area contributed by atoms with Gasteiger partial charge in [0.2, 0.25) is 5.91 Å². The van der Waals surface area contributed by atoms with E-state index in [1.54, 1.807) is 0 Å². The number of likely N-dealkylation sites (N-methyl/N-ethyl adjacent to an activating group) is 1. The highest BCUT2D eigenvalue weighted by Gasteiger charge is 2.38. The molecule has 2 aliphatic rings. The van der Waals surface area contributed by atoms with Crippen molar-refractivity contribution in [3.8, 4) is 0 Å². The first-order chi connectivity index (χ1) is 8.93. The lowest BCUT2D eigenvalue weighted by molar-refractivity contribution is -0.136. The van der Waals surface area contributed by atoms with Gasteiger partial charge in [-0.1, -0.05) is 13.8 Å². The minimum Gasteiger partial charge on any atom is -0.376 e. The lowest BCUT2D eigenvalue weighted by Gasteiger charge is -2.31. The van der Waals surface area contributed by atoms with E-state index in [1.807, 2.05) is 11.9 Å². The van der Waals surface area contributed by atoms with Gasteiger partial charge in [0, 0.05) is 32.8 Å². The van der Waals surface area contributed by atoms with Crippen LogP contribution in [0, 0.1) is 5.41 Å². The normalized spacial score (nSPS) is 32.6. The van der Waals surface area contributed by atoms with Crippen LogP contribution in [0.25, 0.3) is 0 Å². The van der Waals surface area contributed by atoms with Crippen molar-refractivity contribution in [1.29, 1.82) is 0 Å². The molecule has 0 spiro atoms. The van der Waals surface area contributed by atoms with Gasteiger partial charge in [-0.05, 0) is 25.3 Å². The number of rotatable bonds is 3. The smallest absolute Gasteiger partial charge is 0.241 e. The molecule has 2 rings (SSSR count). The Hall–Kier alpha value is -0.650. The summed E-state index contributed by atoms with van der Waals surface area (Å²) in [6.45, 7) is 8.02. The number of ether oxygens (including phenoxy) is 1. The van der Waals surface area contributed by atoms with Crippen molar-refractivity contribution in [2.45, 2.75) is 38.8 Å². The van der Waals surface area contributed by atoms with E-state index in [1.165, 1.54) is 0 Å². The Bertz CT molecular complexity index is 327. The van der Waals surface area contributed by atoms with Gasteiger partial charge in [0.25, 0.3) is 0 Å². The second-order valence-electron chi connectivity index (χ2n) is 6.68. The Labute approximate surface area is 116 Å². The summed E-state index contributed by atoms with van der Waals surface area (Å²) in [5, 5.41) is 0. The van der Waals surface area contributed by atoms with Crippen molar-refractivity contribution in [2.75, 3.05) is 39.8 Å². The number of nitrogens with zero attached hydrogens (tertiary/aromatic N) is 2. The number of hydrogen-bond donors (Lipinski definition) is 1. The summed E-state index contributed by atoms with van der Waals surface area (Å²) in [7, 11) is 1.99. The van der Waals surface area contributed by atoms with E-state index in [4.69, 9.17) is 10.5 Å². The number of amides is 1. The molecule has 19 heavy (non-hydrogen) atoms. The zero-order valence-corrected chi connectivity index (χ0v) is 12.4. The van der Waals surface area contributed by atoms with Gasteiger partial charge in [0.1, 0.15) is 6.04 Å². The van der Waals surface area contributed by atoms with Crippen molar-refractivity contribution in [2.24, 2.45) is 11.1 Å². The first-order valence-corrected chi connectivity index (χ1v) is 7.23. The van der Waals surface area contributed by atoms with Crippen LogP contribution in [0.3, 0.4) is 0 Å². The minimum atomic E-state index is -0.192. The third-order valence-electron chi connectivity index (χ3n) is 4.10. The molecule has 5 nitrogen and oxygen atoms in total. The molecule has 2 saturated heterocycles. The number of hydrogen-bond acceptors (Lipinski definition) is 4. The summed E-state index contributed by atoms with van der Waals surface area (Å²) in [5.74, 6) is 0.158. The Balaban J connectivity index is 2.11. The van der Waals surface area contributed by atoms with E-state index in [2.05, 4.69) is 18.7 Å². The van der Waals surface area contributed by atoms with E-state index in [0.29, 0.717) is 13.1 Å². The first-order valence-electron chi connectivity index (χ1n) is 7.23. The fourth-order valence-corrected chi connectivity index (χ4v) is 3.30. The average Bonchev–Trinajstić information content (AvgIpc) is 2.77. The summed E-state index contributed by atoms with van der Waals surface area (Å²) in [5.41, 5.74) is 5.88. The van der Waals surface area contributed by atoms with Crippen LogP contribution >= 0.6 is 0 Å². The molecule has 0 saturated carbocycles. The van der Waals surface area contributed by atoms with Crippen molar-refractivity contribution in [3.05, 3.63) is 0 Å². The molecule has 2 fully saturated rings. The molecular formula is C14H27N3O2. The molecule has 0 aromatic carbocycles. The molecule has 0 aliphatic carbocycles. The van der Waals surface area contributed by atoms with Crippen LogP contribution < -0.4 is 5.73 Å². The van der Waals surface area contributed by atoms with Crippen LogP contribution in [0.2, 0.25) is 0 Å². The summed E-state index contributed by atoms with van der Waals surface area (Å²) in [6, 6.07) is -0.192. The lowest BCUT2D eigenvalue weighted by Crippen LogP contribution is -2.50. The first kappa shape index (κ1) is 14.8. The molecular weight excluding hydrogens is 242 g/mol. The maximum absolute atomic E-state index is 12.6. The predicted octanol–water partition coefficient (Wildman–Crippen LogP) is 0.293. The van der Waals surface area contributed by atoms with E-state index < -0.39 is 0 Å². The summed E-state index contributed by atoms with van der Waals surface area (Å²) < 4.78 is 5.67. The zero-order valence-electron chi connectivity index (χ0n) is 12.4. The van der Waals surface area contributed by atoms with Crippen LogP contribution in [0.5, 0.6) is 0 Å². The monoisotopic (exact) mass is 269 g/mol. The molecule has 0 bridgehead atoms. The van der Waals surface area contributed by atoms with Crippen molar-refractivity contribution < 1.29 is 9.53 Å². The van der Waals surface area contributed by atoms with Gasteiger partial charge in [0.05, 0.1) is 6.10 Å². The van der Waals surface area contributed by atoms with Gasteiger partial charge in [-0.15, -0.1) is 0 Å². The maximum Gasteiger partial charge on any atom is 0.241 e. The van der Waals surface area contributed by atoms with Gasteiger partial charge < -0.3 is 15.4 Å². The summed E-state index contributed by atoms with van der Waals surface area (Å²) in [4.78, 5) is 16.7. The maximum atomic E-state index is 12.6. The van der Waals surface area contributed by atoms with Gasteiger partial charge in [0.15, 0.2) is 0 Å². The van der Waals surface area contributed by atoms with E-state index in [-0.39, 0.29) is 23.5 Å². The largest absolute Gasteiger partial charge is 0.376 e. The van der Waals surface area contributed by atoms with E-state index in [9.17, 15) is 4.79 Å². The quantitative estimate of drug-likeness (QED) is 0.800. The Morgan fingerprint density at radius 3 is 2.74 bits per heavy atom. The van der Waals surface area contributed by atoms with Crippen LogP contribution in [0.15, 0.2) is 0 Å². The van der Waals surface area contributed by atoms with Gasteiger partial charge in [-0.25, -0.2) is 0 Å². The molecule has 1 amide bonds. The third kappa shape index (κ3) is 3.46. The van der Waals surface area contributed by atoms with Gasteiger partial charge in [-0.3, -0.25) is 9.69 Å². The third-order valence-corrected chi connectivity index (χ3v) is 4.10. The Kier molecular flexibility index (Phi) is 4.48. The summed E-state index contributed by atoms with van der Waals surface area (Å²) >= 11 is 0. The van der Waals surface area contributed by atoms with E-state index >= 15 is 0 Å². The standard InChI is InChI=1S/C14H27N3O2/c1-14(2)9-16(3)12(7-15)13(18)17(10-14)8-11-5-4-6-19-11/h11-12H,4-10,15H2,1-3H3. The van der Waals surface area contributed by atoms with Crippen molar-refractivity contribution in [3.63, 3.8) is 0 Å². The summed E-state index contributed by atoms with van der Waals surface area (Å²) in [6.07, 6.45) is 2.38. The Morgan fingerprint density at radius 1 is 1.42 bits per heavy atom. The van der Waals surface area contributed by atoms with Crippen LogP contribution in [-0.4, -0.2) is 67.7 Å². The number of carbonyl (C=O) groups is 1. The minimum absolute atomic E-state index is 0.0902. The highest BCUT2D eigenvalue weighted by Crippen LogP contribution is 2.25. The fraction of sp³-hybridized carbons (Fsp3) is 0.929. The molecule has 0 radical (unpaired) electrons. The van der Waals surface area contributed by atoms with Crippen molar-refractivity contribution in [1.82, 2.24) is 9.80 Å². The molecule has 0 aromatic heterocycles. The topological polar surface area (TPSA) is 58.8 Å². The van der Waals surface area contributed by atoms with Crippen LogP contribution in [0.4, 0.5) is 0 Å². The molecule has 2 heterocycles. The lowest BCUT2D eigenvalue weighted by atomic mass is 9.92. The van der Waals surface area contributed by atoms with Crippen LogP contribution in [0.1, 0.15) is 26.7 Å². The molecule has 110 valence electrons. The zero-order chi connectivity index (χ0) is 14.0. The predicted molar refractivity (Wildman–Crippen MR) is 74.8 cm³/mol. The van der Waals surface area contributed by atoms with Gasteiger partial charge >= 0.3 is 0 Å². The number of nitrogens with two attached hydrogens (primary N) is 1. The average molecular weight is 269 g/mol. The van der Waals surface area contributed by atoms with Gasteiger partial charge in [-0.2, -0.15) is 0 Å². The van der Waals surface area contributed by atoms with E-state index in [0.717, 1.165) is 32.5 Å². The molecule has 0 aromatic rings. The SMILES string of the molecule is CN1CC(C)(C)CN(CC2CCCO2)C(=O)C1CN. The molecule has 5 heteroatoms. The molecule has 2 atom stereocenters. The fourth-order valence-electron chi connectivity index (χ4n) is 3.30. The molecule has 2 unspecified atom stereocenters. The highest BCUT2D eigenvalue weighted by atomic mass is 16.5. The highest BCUT2D eigenvalue weighted by molar-refractivity contribution is 5.82. The van der Waals surface area contributed by atoms with Crippen LogP contribution in [-0.2, 0) is 9.53 Å². The molecule has 2 aliphatic heterocycles. The number of carbonyl (C=O) groups excluding carboxylic acids is 1.